The van der Waals surface area contributed by atoms with E-state index in [2.05, 4.69) is 21.9 Å². The summed E-state index contributed by atoms with van der Waals surface area (Å²) in [6.07, 6.45) is 6.13. The molecule has 2 atom stereocenters. The monoisotopic (exact) mass is 415 g/mol. The fourth-order valence-corrected chi connectivity index (χ4v) is 4.98. The summed E-state index contributed by atoms with van der Waals surface area (Å²) in [6.45, 7) is 3.76. The number of hydrogen-bond donors (Lipinski definition) is 0. The number of carbonyl (C=O) groups excluding carboxylic acids is 1. The molecule has 1 aromatic carbocycles. The van der Waals surface area contributed by atoms with Gasteiger partial charge in [0.15, 0.2) is 0 Å². The summed E-state index contributed by atoms with van der Waals surface area (Å²) < 4.78 is 32.8. The molecule has 1 rings (SSSR count). The van der Waals surface area contributed by atoms with Gasteiger partial charge in [-0.05, 0) is 34.0 Å². The van der Waals surface area contributed by atoms with Gasteiger partial charge in [0.1, 0.15) is 6.04 Å². The Labute approximate surface area is 152 Å². The minimum absolute atomic E-state index is 0.0459. The molecule has 132 valence electrons. The zero-order valence-electron chi connectivity index (χ0n) is 14.0. The van der Waals surface area contributed by atoms with E-state index in [9.17, 15) is 13.2 Å². The molecule has 7 heteroatoms. The van der Waals surface area contributed by atoms with E-state index in [1.54, 1.807) is 18.2 Å². The van der Waals surface area contributed by atoms with Crippen molar-refractivity contribution in [1.82, 2.24) is 4.31 Å². The first kappa shape index (κ1) is 20.7. The van der Waals surface area contributed by atoms with Gasteiger partial charge in [-0.25, -0.2) is 8.42 Å². The van der Waals surface area contributed by atoms with Crippen molar-refractivity contribution in [3.05, 3.63) is 28.7 Å². The highest BCUT2D eigenvalue weighted by Gasteiger charge is 2.39. The maximum absolute atomic E-state index is 13.2. The third-order valence-electron chi connectivity index (χ3n) is 3.84. The molecule has 0 amide bonds. The first-order chi connectivity index (χ1) is 11.3. The molecular formula is C17H22BrNO4S. The van der Waals surface area contributed by atoms with Gasteiger partial charge in [-0.2, -0.15) is 4.31 Å². The van der Waals surface area contributed by atoms with Crippen LogP contribution in [0.1, 0.15) is 26.7 Å². The Morgan fingerprint density at radius 3 is 2.54 bits per heavy atom. The van der Waals surface area contributed by atoms with Gasteiger partial charge >= 0.3 is 5.97 Å². The predicted molar refractivity (Wildman–Crippen MR) is 96.7 cm³/mol. The molecule has 0 aliphatic heterocycles. The highest BCUT2D eigenvalue weighted by atomic mass is 79.9. The molecule has 0 saturated heterocycles. The van der Waals surface area contributed by atoms with Crippen molar-refractivity contribution < 1.29 is 17.9 Å². The number of carbonyl (C=O) groups is 1. The second-order valence-corrected chi connectivity index (χ2v) is 8.07. The van der Waals surface area contributed by atoms with Crippen LogP contribution < -0.4 is 0 Å². The third kappa shape index (κ3) is 4.59. The number of benzene rings is 1. The van der Waals surface area contributed by atoms with Crippen molar-refractivity contribution in [2.24, 2.45) is 5.92 Å². The van der Waals surface area contributed by atoms with Gasteiger partial charge in [0.05, 0.1) is 12.0 Å². The number of methoxy groups -OCH3 is 1. The van der Waals surface area contributed by atoms with Crippen LogP contribution in [0.2, 0.25) is 0 Å². The molecule has 0 N–H and O–H groups in total. The van der Waals surface area contributed by atoms with Crippen LogP contribution in [0.25, 0.3) is 0 Å². The van der Waals surface area contributed by atoms with Crippen LogP contribution in [0.3, 0.4) is 0 Å². The quantitative estimate of drug-likeness (QED) is 0.483. The number of rotatable bonds is 8. The molecule has 0 bridgehead atoms. The van der Waals surface area contributed by atoms with Crippen LogP contribution >= 0.6 is 15.9 Å². The van der Waals surface area contributed by atoms with Crippen LogP contribution in [-0.4, -0.2) is 38.4 Å². The molecule has 24 heavy (non-hydrogen) atoms. The Balaban J connectivity index is 3.46. The minimum Gasteiger partial charge on any atom is -0.468 e. The van der Waals surface area contributed by atoms with Gasteiger partial charge in [0.25, 0.3) is 0 Å². The van der Waals surface area contributed by atoms with Crippen molar-refractivity contribution in [3.8, 4) is 12.3 Å². The van der Waals surface area contributed by atoms with Gasteiger partial charge in [-0.3, -0.25) is 4.79 Å². The maximum atomic E-state index is 13.2. The summed E-state index contributed by atoms with van der Waals surface area (Å²) in [6, 6.07) is 5.57. The lowest BCUT2D eigenvalue weighted by Crippen LogP contribution is -2.49. The second kappa shape index (κ2) is 9.21. The Morgan fingerprint density at radius 1 is 1.42 bits per heavy atom. The Kier molecular flexibility index (Phi) is 7.94. The van der Waals surface area contributed by atoms with Crippen molar-refractivity contribution >= 4 is 31.9 Å². The van der Waals surface area contributed by atoms with Crippen molar-refractivity contribution in [2.75, 3.05) is 13.7 Å². The number of hydrogen-bond acceptors (Lipinski definition) is 4. The topological polar surface area (TPSA) is 63.7 Å². The molecular weight excluding hydrogens is 394 g/mol. The van der Waals surface area contributed by atoms with Crippen LogP contribution in [0.15, 0.2) is 33.6 Å². The van der Waals surface area contributed by atoms with Gasteiger partial charge < -0.3 is 4.74 Å². The van der Waals surface area contributed by atoms with Crippen LogP contribution in [0.5, 0.6) is 0 Å². The fourth-order valence-electron chi connectivity index (χ4n) is 2.34. The van der Waals surface area contributed by atoms with E-state index in [4.69, 9.17) is 11.2 Å². The smallest absolute Gasteiger partial charge is 0.324 e. The van der Waals surface area contributed by atoms with Crippen LogP contribution in [-0.2, 0) is 19.6 Å². The summed E-state index contributed by atoms with van der Waals surface area (Å²) in [5, 5.41) is 0. The molecule has 0 saturated carbocycles. The van der Waals surface area contributed by atoms with E-state index < -0.39 is 22.0 Å². The highest BCUT2D eigenvalue weighted by molar-refractivity contribution is 9.10. The molecule has 0 aromatic heterocycles. The van der Waals surface area contributed by atoms with E-state index >= 15 is 0 Å². The average Bonchev–Trinajstić information content (AvgIpc) is 2.57. The molecule has 0 fully saturated rings. The lowest BCUT2D eigenvalue weighted by Gasteiger charge is -2.32. The number of sulfonamides is 1. The van der Waals surface area contributed by atoms with Crippen molar-refractivity contribution in [2.45, 2.75) is 37.6 Å². The van der Waals surface area contributed by atoms with Crippen LogP contribution in [0.4, 0.5) is 0 Å². The number of halogens is 1. The Hall–Kier alpha value is -1.36. The number of ether oxygens (including phenoxy) is 1. The fraction of sp³-hybridized carbons (Fsp3) is 0.471. The van der Waals surface area contributed by atoms with Gasteiger partial charge in [-0.15, -0.1) is 12.3 Å². The summed E-state index contributed by atoms with van der Waals surface area (Å²) >= 11 is 3.26. The lowest BCUT2D eigenvalue weighted by atomic mass is 9.99. The Morgan fingerprint density at radius 2 is 2.04 bits per heavy atom. The standard InChI is InChI=1S/C17H22BrNO4S/c1-5-7-12-19(16(13(3)6-2)17(20)23-4)24(21,22)15-11-9-8-10-14(15)18/h1,8-11,13,16H,6-7,12H2,2-4H3/t13?,16-/m0/s1. The second-order valence-electron chi connectivity index (χ2n) is 5.35. The summed E-state index contributed by atoms with van der Waals surface area (Å²) in [7, 11) is -2.67. The molecule has 0 heterocycles. The maximum Gasteiger partial charge on any atom is 0.324 e. The lowest BCUT2D eigenvalue weighted by molar-refractivity contribution is -0.147. The first-order valence-corrected chi connectivity index (χ1v) is 9.82. The summed E-state index contributed by atoms with van der Waals surface area (Å²) in [5.41, 5.74) is 0. The molecule has 0 aliphatic carbocycles. The predicted octanol–water partition coefficient (Wildman–Crippen LogP) is 3.05. The zero-order valence-corrected chi connectivity index (χ0v) is 16.4. The van der Waals surface area contributed by atoms with E-state index in [0.29, 0.717) is 10.9 Å². The molecule has 0 radical (unpaired) electrons. The third-order valence-corrected chi connectivity index (χ3v) is 6.73. The van der Waals surface area contributed by atoms with E-state index in [0.717, 1.165) is 4.31 Å². The largest absolute Gasteiger partial charge is 0.468 e. The number of terminal acetylenes is 1. The number of nitrogens with zero attached hydrogens (tertiary/aromatic N) is 1. The minimum atomic E-state index is -3.92. The highest BCUT2D eigenvalue weighted by Crippen LogP contribution is 2.29. The SMILES string of the molecule is C#CCCN([C@H](C(=O)OC)C(C)CC)S(=O)(=O)c1ccccc1Br. The summed E-state index contributed by atoms with van der Waals surface area (Å²) in [4.78, 5) is 12.4. The van der Waals surface area contributed by atoms with E-state index in [-0.39, 0.29) is 23.8 Å². The average molecular weight is 416 g/mol. The van der Waals surface area contributed by atoms with Crippen molar-refractivity contribution in [3.63, 3.8) is 0 Å². The molecule has 1 unspecified atom stereocenters. The first-order valence-electron chi connectivity index (χ1n) is 7.58. The van der Waals surface area contributed by atoms with E-state index in [1.165, 1.54) is 13.2 Å². The van der Waals surface area contributed by atoms with Gasteiger partial charge in [0, 0.05) is 17.4 Å². The van der Waals surface area contributed by atoms with E-state index in [1.807, 2.05) is 13.8 Å². The Bertz CT molecular complexity index is 712. The molecule has 5 nitrogen and oxygen atoms in total. The molecule has 1 aromatic rings. The summed E-state index contributed by atoms with van der Waals surface area (Å²) in [5.74, 6) is 1.63. The van der Waals surface area contributed by atoms with Gasteiger partial charge in [-0.1, -0.05) is 32.4 Å². The van der Waals surface area contributed by atoms with Crippen molar-refractivity contribution in [1.29, 1.82) is 0 Å². The van der Waals surface area contributed by atoms with Crippen LogP contribution in [0, 0.1) is 18.3 Å². The molecule has 0 aliphatic rings. The number of esters is 1. The molecule has 0 spiro atoms. The zero-order chi connectivity index (χ0) is 18.3. The van der Waals surface area contributed by atoms with Gasteiger partial charge in [0.2, 0.25) is 10.0 Å². The normalized spacial score (nSPS) is 14.0.